The summed E-state index contributed by atoms with van der Waals surface area (Å²) in [6, 6.07) is 2.47. The zero-order chi connectivity index (χ0) is 24.4. The summed E-state index contributed by atoms with van der Waals surface area (Å²) < 4.78 is 107. The van der Waals surface area contributed by atoms with Gasteiger partial charge in [0.15, 0.2) is 0 Å². The molecule has 7 nitrogen and oxygen atoms in total. The molecule has 3 rings (SSSR count). The standard InChI is InChI=1S/C19H20F6N4O3S/c1-2-3-4-15-11-28(33(30,31)19(23,24)25)9-13-7-16(32-18(20,21)22)5-6-17(13)29(15)10-14-8-26-12-27-14/h2,5-8,12,15H,1,3-4,9-11H2,(H,26,27). The zero-order valence-corrected chi connectivity index (χ0v) is 17.8. The fourth-order valence-electron chi connectivity index (χ4n) is 3.61. The first-order valence-electron chi connectivity index (χ1n) is 9.61. The summed E-state index contributed by atoms with van der Waals surface area (Å²) in [7, 11) is -5.76. The Morgan fingerprint density at radius 2 is 1.97 bits per heavy atom. The van der Waals surface area contributed by atoms with Crippen molar-refractivity contribution in [3.05, 3.63) is 54.6 Å². The third kappa shape index (κ3) is 5.79. The monoisotopic (exact) mass is 498 g/mol. The molecule has 1 N–H and O–H groups in total. The molecule has 14 heteroatoms. The van der Waals surface area contributed by atoms with Crippen molar-refractivity contribution in [1.29, 1.82) is 0 Å². The highest BCUT2D eigenvalue weighted by atomic mass is 32.2. The van der Waals surface area contributed by atoms with Gasteiger partial charge in [0.05, 0.1) is 18.6 Å². The van der Waals surface area contributed by atoms with Gasteiger partial charge in [0, 0.05) is 31.0 Å². The average Bonchev–Trinajstić information content (AvgIpc) is 3.14. The second-order valence-corrected chi connectivity index (χ2v) is 9.24. The molecule has 0 saturated carbocycles. The minimum absolute atomic E-state index is 0.0646. The van der Waals surface area contributed by atoms with Gasteiger partial charge in [0.1, 0.15) is 5.75 Å². The lowest BCUT2D eigenvalue weighted by Gasteiger charge is -2.34. The maximum absolute atomic E-state index is 13.4. The van der Waals surface area contributed by atoms with E-state index in [1.165, 1.54) is 18.6 Å². The minimum atomic E-state index is -5.76. The van der Waals surface area contributed by atoms with Crippen molar-refractivity contribution in [2.75, 3.05) is 11.4 Å². The van der Waals surface area contributed by atoms with E-state index in [0.29, 0.717) is 12.1 Å². The smallest absolute Gasteiger partial charge is 0.406 e. The van der Waals surface area contributed by atoms with Gasteiger partial charge in [-0.05, 0) is 36.6 Å². The normalized spacial score (nSPS) is 18.0. The number of sulfonamides is 1. The Balaban J connectivity index is 2.12. The molecule has 182 valence electrons. The fourth-order valence-corrected chi connectivity index (χ4v) is 4.58. The quantitative estimate of drug-likeness (QED) is 0.455. The van der Waals surface area contributed by atoms with Crippen LogP contribution in [0.25, 0.3) is 0 Å². The highest BCUT2D eigenvalue weighted by Crippen LogP contribution is 2.38. The molecule has 0 bridgehead atoms. The SMILES string of the molecule is C=CCCC1CN(S(=O)(=O)C(F)(F)F)Cc2cc(OC(F)(F)F)ccc2N1Cc1cnc[nH]1. The number of hydrogen-bond donors (Lipinski definition) is 1. The summed E-state index contributed by atoms with van der Waals surface area (Å²) in [5.41, 5.74) is -4.78. The van der Waals surface area contributed by atoms with E-state index in [-0.39, 0.29) is 28.5 Å². The number of imidazole rings is 1. The van der Waals surface area contributed by atoms with Crippen molar-refractivity contribution in [2.45, 2.75) is 43.8 Å². The van der Waals surface area contributed by atoms with Crippen molar-refractivity contribution in [1.82, 2.24) is 14.3 Å². The molecule has 1 atom stereocenters. The molecular weight excluding hydrogens is 478 g/mol. The molecule has 2 aromatic rings. The molecule has 1 aliphatic heterocycles. The number of aromatic nitrogens is 2. The summed E-state index contributed by atoms with van der Waals surface area (Å²) in [5, 5.41) is 0. The van der Waals surface area contributed by atoms with Gasteiger partial charge in [-0.3, -0.25) is 0 Å². The molecule has 0 fully saturated rings. The molecule has 1 aromatic heterocycles. The van der Waals surface area contributed by atoms with E-state index in [2.05, 4.69) is 21.3 Å². The Morgan fingerprint density at radius 3 is 2.55 bits per heavy atom. The highest BCUT2D eigenvalue weighted by Gasteiger charge is 2.51. The third-order valence-electron chi connectivity index (χ3n) is 5.03. The lowest BCUT2D eigenvalue weighted by molar-refractivity contribution is -0.274. The average molecular weight is 498 g/mol. The highest BCUT2D eigenvalue weighted by molar-refractivity contribution is 7.89. The number of alkyl halides is 6. The number of anilines is 1. The molecule has 0 saturated heterocycles. The van der Waals surface area contributed by atoms with Gasteiger partial charge < -0.3 is 14.6 Å². The largest absolute Gasteiger partial charge is 0.573 e. The van der Waals surface area contributed by atoms with Gasteiger partial charge in [0.2, 0.25) is 0 Å². The van der Waals surface area contributed by atoms with Crippen molar-refractivity contribution < 1.29 is 39.5 Å². The number of fused-ring (bicyclic) bond motifs is 1. The van der Waals surface area contributed by atoms with Crippen LogP contribution in [0.5, 0.6) is 5.75 Å². The Hall–Kier alpha value is -2.74. The number of H-pyrrole nitrogens is 1. The topological polar surface area (TPSA) is 78.5 Å². The molecular formula is C19H20F6N4O3S. The Labute approximate surface area is 185 Å². The summed E-state index contributed by atoms with van der Waals surface area (Å²) in [6.07, 6.45) is 0.0201. The molecule has 33 heavy (non-hydrogen) atoms. The molecule has 1 aromatic carbocycles. The van der Waals surface area contributed by atoms with Gasteiger partial charge in [-0.15, -0.1) is 19.8 Å². The first kappa shape index (κ1) is 24.9. The molecule has 1 unspecified atom stereocenters. The summed E-state index contributed by atoms with van der Waals surface area (Å²) in [6.45, 7) is 2.39. The Kier molecular flexibility index (Phi) is 6.98. The van der Waals surface area contributed by atoms with Crippen LogP contribution < -0.4 is 9.64 Å². The van der Waals surface area contributed by atoms with Crippen molar-refractivity contribution in [2.24, 2.45) is 0 Å². The molecule has 0 radical (unpaired) electrons. The van der Waals surface area contributed by atoms with Crippen LogP contribution in [0.2, 0.25) is 0 Å². The number of nitrogens with one attached hydrogen (secondary N) is 1. The number of benzene rings is 1. The van der Waals surface area contributed by atoms with E-state index < -0.39 is 46.8 Å². The fraction of sp³-hybridized carbons (Fsp3) is 0.421. The van der Waals surface area contributed by atoms with E-state index in [0.717, 1.165) is 12.1 Å². The predicted octanol–water partition coefficient (Wildman–Crippen LogP) is 4.31. The van der Waals surface area contributed by atoms with Crippen LogP contribution in [0.3, 0.4) is 0 Å². The van der Waals surface area contributed by atoms with Crippen LogP contribution in [-0.4, -0.2) is 47.1 Å². The lowest BCUT2D eigenvalue weighted by atomic mass is 10.1. The van der Waals surface area contributed by atoms with Crippen molar-refractivity contribution >= 4 is 15.7 Å². The molecule has 0 aliphatic carbocycles. The van der Waals surface area contributed by atoms with Gasteiger partial charge in [-0.25, -0.2) is 13.4 Å². The maximum atomic E-state index is 13.4. The van der Waals surface area contributed by atoms with E-state index >= 15 is 0 Å². The van der Waals surface area contributed by atoms with E-state index in [1.807, 2.05) is 0 Å². The van der Waals surface area contributed by atoms with Crippen LogP contribution in [0.1, 0.15) is 24.1 Å². The van der Waals surface area contributed by atoms with Crippen LogP contribution >= 0.6 is 0 Å². The summed E-state index contributed by atoms with van der Waals surface area (Å²) >= 11 is 0. The van der Waals surface area contributed by atoms with Crippen molar-refractivity contribution in [3.8, 4) is 5.75 Å². The number of aromatic amines is 1. The number of allylic oxidation sites excluding steroid dienone is 1. The first-order valence-corrected chi connectivity index (χ1v) is 11.1. The number of ether oxygens (including phenoxy) is 1. The van der Waals surface area contributed by atoms with E-state index in [9.17, 15) is 34.8 Å². The second kappa shape index (κ2) is 9.25. The number of nitrogens with zero attached hydrogens (tertiary/aromatic N) is 3. The second-order valence-electron chi connectivity index (χ2n) is 7.31. The molecule has 1 aliphatic rings. The summed E-state index contributed by atoms with van der Waals surface area (Å²) in [4.78, 5) is 8.41. The zero-order valence-electron chi connectivity index (χ0n) is 17.0. The lowest BCUT2D eigenvalue weighted by Crippen LogP contribution is -2.46. The molecule has 0 amide bonds. The predicted molar refractivity (Wildman–Crippen MR) is 106 cm³/mol. The number of rotatable bonds is 7. The minimum Gasteiger partial charge on any atom is -0.406 e. The summed E-state index contributed by atoms with van der Waals surface area (Å²) in [5.74, 6) is -0.670. The molecule has 2 heterocycles. The number of hydrogen-bond acceptors (Lipinski definition) is 5. The Bertz CT molecular complexity index is 1070. The van der Waals surface area contributed by atoms with E-state index in [1.54, 1.807) is 11.0 Å². The first-order chi connectivity index (χ1) is 15.3. The van der Waals surface area contributed by atoms with Crippen LogP contribution in [0, 0.1) is 0 Å². The van der Waals surface area contributed by atoms with Crippen LogP contribution in [0.4, 0.5) is 32.0 Å². The third-order valence-corrected chi connectivity index (χ3v) is 6.57. The van der Waals surface area contributed by atoms with Crippen LogP contribution in [0.15, 0.2) is 43.4 Å². The Morgan fingerprint density at radius 1 is 1.24 bits per heavy atom. The van der Waals surface area contributed by atoms with Crippen molar-refractivity contribution in [3.63, 3.8) is 0 Å². The van der Waals surface area contributed by atoms with Gasteiger partial charge in [0.25, 0.3) is 0 Å². The van der Waals surface area contributed by atoms with Gasteiger partial charge >= 0.3 is 21.9 Å². The van der Waals surface area contributed by atoms with Crippen LogP contribution in [-0.2, 0) is 23.1 Å². The van der Waals surface area contributed by atoms with Gasteiger partial charge in [-0.2, -0.15) is 17.5 Å². The number of halogens is 6. The van der Waals surface area contributed by atoms with E-state index in [4.69, 9.17) is 0 Å². The van der Waals surface area contributed by atoms with Gasteiger partial charge in [-0.1, -0.05) is 6.08 Å². The maximum Gasteiger partial charge on any atom is 0.573 e. The molecule has 0 spiro atoms.